The van der Waals surface area contributed by atoms with Crippen molar-refractivity contribution in [2.24, 2.45) is 0 Å². The van der Waals surface area contributed by atoms with Gasteiger partial charge < -0.3 is 10.1 Å². The summed E-state index contributed by atoms with van der Waals surface area (Å²) < 4.78 is 5.27. The number of anilines is 1. The molecule has 1 N–H and O–H groups in total. The van der Waals surface area contributed by atoms with E-state index in [9.17, 15) is 10.1 Å². The summed E-state index contributed by atoms with van der Waals surface area (Å²) in [5.41, 5.74) is 1.80. The first-order chi connectivity index (χ1) is 9.61. The summed E-state index contributed by atoms with van der Waals surface area (Å²) in [5, 5.41) is 14.1. The number of nitro groups is 1. The summed E-state index contributed by atoms with van der Waals surface area (Å²) in [6.45, 7) is 1.95. The number of non-ortho nitro benzene ring substituents is 1. The molecular formula is C15H16N2O3. The van der Waals surface area contributed by atoms with E-state index in [1.807, 2.05) is 37.3 Å². The second-order valence-electron chi connectivity index (χ2n) is 4.42. The van der Waals surface area contributed by atoms with Gasteiger partial charge in [0.15, 0.2) is 0 Å². The summed E-state index contributed by atoms with van der Waals surface area (Å²) >= 11 is 0. The molecule has 20 heavy (non-hydrogen) atoms. The first-order valence-electron chi connectivity index (χ1n) is 6.25. The molecule has 0 aromatic heterocycles. The number of para-hydroxylation sites is 2. The average Bonchev–Trinajstić information content (AvgIpc) is 2.48. The van der Waals surface area contributed by atoms with E-state index in [0.717, 1.165) is 17.0 Å². The van der Waals surface area contributed by atoms with Crippen molar-refractivity contribution < 1.29 is 9.66 Å². The molecule has 2 aromatic rings. The number of benzene rings is 2. The fraction of sp³-hybridized carbons (Fsp3) is 0.200. The Balaban J connectivity index is 2.21. The van der Waals surface area contributed by atoms with Gasteiger partial charge in [0.2, 0.25) is 0 Å². The van der Waals surface area contributed by atoms with Crippen molar-refractivity contribution in [3.63, 3.8) is 0 Å². The highest BCUT2D eigenvalue weighted by Crippen LogP contribution is 2.28. The van der Waals surface area contributed by atoms with Crippen LogP contribution in [0.25, 0.3) is 0 Å². The highest BCUT2D eigenvalue weighted by Gasteiger charge is 2.12. The highest BCUT2D eigenvalue weighted by atomic mass is 16.6. The van der Waals surface area contributed by atoms with Crippen molar-refractivity contribution in [2.45, 2.75) is 13.0 Å². The van der Waals surface area contributed by atoms with Crippen LogP contribution in [-0.2, 0) is 0 Å². The van der Waals surface area contributed by atoms with E-state index in [0.29, 0.717) is 0 Å². The molecule has 0 bridgehead atoms. The maximum Gasteiger partial charge on any atom is 0.269 e. The molecule has 104 valence electrons. The van der Waals surface area contributed by atoms with Crippen LogP contribution in [0.2, 0.25) is 0 Å². The molecule has 1 atom stereocenters. The van der Waals surface area contributed by atoms with Gasteiger partial charge in [-0.25, -0.2) is 0 Å². The summed E-state index contributed by atoms with van der Waals surface area (Å²) in [5.74, 6) is 0.741. The van der Waals surface area contributed by atoms with Gasteiger partial charge in [-0.15, -0.1) is 0 Å². The van der Waals surface area contributed by atoms with Crippen LogP contribution in [0.4, 0.5) is 11.4 Å². The Morgan fingerprint density at radius 3 is 2.65 bits per heavy atom. The first-order valence-corrected chi connectivity index (χ1v) is 6.25. The lowest BCUT2D eigenvalue weighted by molar-refractivity contribution is -0.384. The number of methoxy groups -OCH3 is 1. The molecule has 0 radical (unpaired) electrons. The molecule has 0 aliphatic rings. The van der Waals surface area contributed by atoms with Gasteiger partial charge >= 0.3 is 0 Å². The molecule has 2 aromatic carbocycles. The van der Waals surface area contributed by atoms with E-state index in [4.69, 9.17) is 4.74 Å². The summed E-state index contributed by atoms with van der Waals surface area (Å²) in [6.07, 6.45) is 0. The van der Waals surface area contributed by atoms with Crippen molar-refractivity contribution in [1.82, 2.24) is 0 Å². The standard InChI is InChI=1S/C15H16N2O3/c1-11(12-6-5-7-13(10-12)17(18)19)16-14-8-3-4-9-15(14)20-2/h3-11,16H,1-2H3. The van der Waals surface area contributed by atoms with E-state index in [-0.39, 0.29) is 16.7 Å². The largest absolute Gasteiger partial charge is 0.495 e. The third-order valence-corrected chi connectivity index (χ3v) is 3.06. The number of hydrogen-bond donors (Lipinski definition) is 1. The van der Waals surface area contributed by atoms with Gasteiger partial charge in [-0.1, -0.05) is 24.3 Å². The Hall–Kier alpha value is -2.56. The Morgan fingerprint density at radius 1 is 1.20 bits per heavy atom. The minimum Gasteiger partial charge on any atom is -0.495 e. The van der Waals surface area contributed by atoms with Crippen LogP contribution >= 0.6 is 0 Å². The van der Waals surface area contributed by atoms with E-state index >= 15 is 0 Å². The molecule has 0 amide bonds. The minimum atomic E-state index is -0.390. The molecule has 5 heteroatoms. The van der Waals surface area contributed by atoms with E-state index in [1.165, 1.54) is 6.07 Å². The second kappa shape index (κ2) is 6.06. The van der Waals surface area contributed by atoms with Crippen molar-refractivity contribution >= 4 is 11.4 Å². The Bertz CT molecular complexity index is 614. The highest BCUT2D eigenvalue weighted by molar-refractivity contribution is 5.57. The molecule has 0 saturated heterocycles. The van der Waals surface area contributed by atoms with Gasteiger partial charge in [0.1, 0.15) is 5.75 Å². The number of rotatable bonds is 5. The SMILES string of the molecule is COc1ccccc1NC(C)c1cccc([N+](=O)[O-])c1. The predicted molar refractivity (Wildman–Crippen MR) is 78.1 cm³/mol. The predicted octanol–water partition coefficient (Wildman–Crippen LogP) is 3.78. The number of hydrogen-bond acceptors (Lipinski definition) is 4. The van der Waals surface area contributed by atoms with Gasteiger partial charge in [0.05, 0.1) is 17.7 Å². The molecule has 0 saturated carbocycles. The lowest BCUT2D eigenvalue weighted by Gasteiger charge is -2.17. The van der Waals surface area contributed by atoms with E-state index in [1.54, 1.807) is 19.2 Å². The van der Waals surface area contributed by atoms with Gasteiger partial charge in [0, 0.05) is 18.2 Å². The molecule has 2 rings (SSSR count). The van der Waals surface area contributed by atoms with Crippen LogP contribution in [0.5, 0.6) is 5.75 Å². The van der Waals surface area contributed by atoms with Gasteiger partial charge in [-0.3, -0.25) is 10.1 Å². The van der Waals surface area contributed by atoms with Crippen molar-refractivity contribution in [3.05, 3.63) is 64.2 Å². The lowest BCUT2D eigenvalue weighted by atomic mass is 10.1. The number of nitrogens with zero attached hydrogens (tertiary/aromatic N) is 1. The lowest BCUT2D eigenvalue weighted by Crippen LogP contribution is -2.07. The van der Waals surface area contributed by atoms with Crippen LogP contribution in [0, 0.1) is 10.1 Å². The second-order valence-corrected chi connectivity index (χ2v) is 4.42. The third-order valence-electron chi connectivity index (χ3n) is 3.06. The maximum absolute atomic E-state index is 10.8. The molecule has 5 nitrogen and oxygen atoms in total. The smallest absolute Gasteiger partial charge is 0.269 e. The number of ether oxygens (including phenoxy) is 1. The summed E-state index contributed by atoms with van der Waals surface area (Å²) in [7, 11) is 1.61. The van der Waals surface area contributed by atoms with Crippen LogP contribution in [-0.4, -0.2) is 12.0 Å². The molecule has 0 aliphatic heterocycles. The molecule has 0 heterocycles. The van der Waals surface area contributed by atoms with Crippen LogP contribution in [0.3, 0.4) is 0 Å². The number of nitro benzene ring substituents is 1. The maximum atomic E-state index is 10.8. The van der Waals surface area contributed by atoms with Gasteiger partial charge in [-0.2, -0.15) is 0 Å². The Morgan fingerprint density at radius 2 is 1.95 bits per heavy atom. The van der Waals surface area contributed by atoms with Crippen molar-refractivity contribution in [3.8, 4) is 5.75 Å². The Kier molecular flexibility index (Phi) is 4.20. The first kappa shape index (κ1) is 13.9. The van der Waals surface area contributed by atoms with Crippen LogP contribution in [0.1, 0.15) is 18.5 Å². The topological polar surface area (TPSA) is 64.4 Å². The van der Waals surface area contributed by atoms with Gasteiger partial charge in [0.25, 0.3) is 5.69 Å². The summed E-state index contributed by atoms with van der Waals surface area (Å²) in [6, 6.07) is 14.1. The average molecular weight is 272 g/mol. The number of nitrogens with one attached hydrogen (secondary N) is 1. The molecule has 0 spiro atoms. The van der Waals surface area contributed by atoms with E-state index < -0.39 is 0 Å². The normalized spacial score (nSPS) is 11.7. The zero-order valence-electron chi connectivity index (χ0n) is 11.4. The molecular weight excluding hydrogens is 256 g/mol. The monoisotopic (exact) mass is 272 g/mol. The van der Waals surface area contributed by atoms with Gasteiger partial charge in [-0.05, 0) is 24.6 Å². The quantitative estimate of drug-likeness (QED) is 0.664. The van der Waals surface area contributed by atoms with Crippen molar-refractivity contribution in [2.75, 3.05) is 12.4 Å². The zero-order chi connectivity index (χ0) is 14.5. The third kappa shape index (κ3) is 3.06. The van der Waals surface area contributed by atoms with E-state index in [2.05, 4.69) is 5.32 Å². The molecule has 0 aliphatic carbocycles. The van der Waals surface area contributed by atoms with Crippen LogP contribution < -0.4 is 10.1 Å². The fourth-order valence-electron chi connectivity index (χ4n) is 1.99. The molecule has 1 unspecified atom stereocenters. The molecule has 0 fully saturated rings. The minimum absolute atomic E-state index is 0.0637. The zero-order valence-corrected chi connectivity index (χ0v) is 11.4. The van der Waals surface area contributed by atoms with Crippen molar-refractivity contribution in [1.29, 1.82) is 0 Å². The summed E-state index contributed by atoms with van der Waals surface area (Å²) in [4.78, 5) is 10.4. The van der Waals surface area contributed by atoms with Crippen LogP contribution in [0.15, 0.2) is 48.5 Å². The Labute approximate surface area is 117 Å². The fourth-order valence-corrected chi connectivity index (χ4v) is 1.99.